The quantitative estimate of drug-likeness (QED) is 0.842. The van der Waals surface area contributed by atoms with Gasteiger partial charge in [-0.05, 0) is 19.1 Å². The minimum atomic E-state index is 0.157. The Balaban J connectivity index is 2.46. The SMILES string of the molecule is Cc1ccc(O)c(-c2nc(C(C)C)no2)c1. The number of hydrogen-bond donors (Lipinski definition) is 1. The third-order valence-corrected chi connectivity index (χ3v) is 2.34. The molecule has 0 spiro atoms. The fraction of sp³-hybridized carbons (Fsp3) is 0.333. The summed E-state index contributed by atoms with van der Waals surface area (Å²) in [6.07, 6.45) is 0. The summed E-state index contributed by atoms with van der Waals surface area (Å²) in [5.41, 5.74) is 1.62. The molecule has 16 heavy (non-hydrogen) atoms. The summed E-state index contributed by atoms with van der Waals surface area (Å²) in [7, 11) is 0. The van der Waals surface area contributed by atoms with Crippen LogP contribution in [0.2, 0.25) is 0 Å². The molecule has 0 saturated carbocycles. The number of phenols is 1. The number of hydrogen-bond acceptors (Lipinski definition) is 4. The molecule has 0 atom stereocenters. The lowest BCUT2D eigenvalue weighted by atomic mass is 10.1. The van der Waals surface area contributed by atoms with Crippen LogP contribution in [0.3, 0.4) is 0 Å². The molecule has 0 aliphatic rings. The molecule has 0 aliphatic carbocycles. The number of nitrogens with zero attached hydrogens (tertiary/aromatic N) is 2. The van der Waals surface area contributed by atoms with E-state index in [1.54, 1.807) is 6.07 Å². The van der Waals surface area contributed by atoms with Crippen LogP contribution in [0.15, 0.2) is 22.7 Å². The van der Waals surface area contributed by atoms with Gasteiger partial charge in [-0.3, -0.25) is 0 Å². The first-order chi connectivity index (χ1) is 7.58. The molecular weight excluding hydrogens is 204 g/mol. The van der Waals surface area contributed by atoms with Gasteiger partial charge >= 0.3 is 0 Å². The molecule has 0 unspecified atom stereocenters. The van der Waals surface area contributed by atoms with Gasteiger partial charge in [0, 0.05) is 5.92 Å². The lowest BCUT2D eigenvalue weighted by Crippen LogP contribution is -1.89. The zero-order valence-electron chi connectivity index (χ0n) is 9.56. The van der Waals surface area contributed by atoms with Crippen molar-refractivity contribution < 1.29 is 9.63 Å². The molecular formula is C12H14N2O2. The van der Waals surface area contributed by atoms with Crippen molar-refractivity contribution in [1.29, 1.82) is 0 Å². The highest BCUT2D eigenvalue weighted by Gasteiger charge is 2.14. The minimum Gasteiger partial charge on any atom is -0.507 e. The van der Waals surface area contributed by atoms with Gasteiger partial charge < -0.3 is 9.63 Å². The number of rotatable bonds is 2. The van der Waals surface area contributed by atoms with Crippen molar-refractivity contribution in [1.82, 2.24) is 10.1 Å². The molecule has 1 aromatic carbocycles. The lowest BCUT2D eigenvalue weighted by molar-refractivity contribution is 0.414. The fourth-order valence-corrected chi connectivity index (χ4v) is 1.40. The van der Waals surface area contributed by atoms with E-state index in [1.807, 2.05) is 32.9 Å². The molecule has 1 N–H and O–H groups in total. The summed E-state index contributed by atoms with van der Waals surface area (Å²) in [5.74, 6) is 1.38. The van der Waals surface area contributed by atoms with E-state index in [9.17, 15) is 5.11 Å². The van der Waals surface area contributed by atoms with E-state index in [-0.39, 0.29) is 11.7 Å². The van der Waals surface area contributed by atoms with Crippen molar-refractivity contribution in [3.63, 3.8) is 0 Å². The van der Waals surface area contributed by atoms with E-state index in [4.69, 9.17) is 4.52 Å². The van der Waals surface area contributed by atoms with Crippen molar-refractivity contribution in [2.45, 2.75) is 26.7 Å². The highest BCUT2D eigenvalue weighted by atomic mass is 16.5. The molecule has 0 aliphatic heterocycles. The maximum Gasteiger partial charge on any atom is 0.261 e. The summed E-state index contributed by atoms with van der Waals surface area (Å²) in [4.78, 5) is 4.24. The van der Waals surface area contributed by atoms with Crippen LogP contribution in [0.1, 0.15) is 31.2 Å². The summed E-state index contributed by atoms with van der Waals surface area (Å²) >= 11 is 0. The Morgan fingerprint density at radius 2 is 2.06 bits per heavy atom. The fourth-order valence-electron chi connectivity index (χ4n) is 1.40. The van der Waals surface area contributed by atoms with Crippen LogP contribution < -0.4 is 0 Å². The van der Waals surface area contributed by atoms with Crippen molar-refractivity contribution in [3.05, 3.63) is 29.6 Å². The van der Waals surface area contributed by atoms with Gasteiger partial charge in [0.25, 0.3) is 5.89 Å². The predicted octanol–water partition coefficient (Wildman–Crippen LogP) is 2.87. The summed E-state index contributed by atoms with van der Waals surface area (Å²) in [6.45, 7) is 5.93. The number of benzene rings is 1. The average molecular weight is 218 g/mol. The highest BCUT2D eigenvalue weighted by molar-refractivity contribution is 5.63. The first-order valence-electron chi connectivity index (χ1n) is 5.21. The first kappa shape index (κ1) is 10.7. The molecule has 2 rings (SSSR count). The minimum absolute atomic E-state index is 0.157. The monoisotopic (exact) mass is 218 g/mol. The summed E-state index contributed by atoms with van der Waals surface area (Å²) in [6, 6.07) is 5.29. The van der Waals surface area contributed by atoms with Gasteiger partial charge in [-0.1, -0.05) is 30.6 Å². The van der Waals surface area contributed by atoms with E-state index in [1.165, 1.54) is 0 Å². The number of aromatic hydroxyl groups is 1. The Bertz CT molecular complexity index is 503. The summed E-state index contributed by atoms with van der Waals surface area (Å²) in [5, 5.41) is 13.6. The number of aryl methyl sites for hydroxylation is 1. The Morgan fingerprint density at radius 3 is 2.69 bits per heavy atom. The van der Waals surface area contributed by atoms with Crippen LogP contribution in [0.5, 0.6) is 5.75 Å². The maximum absolute atomic E-state index is 9.71. The molecule has 4 nitrogen and oxygen atoms in total. The molecule has 0 fully saturated rings. The molecule has 0 saturated heterocycles. The molecule has 1 aromatic heterocycles. The van der Waals surface area contributed by atoms with Gasteiger partial charge in [0.15, 0.2) is 5.82 Å². The molecule has 0 amide bonds. The van der Waals surface area contributed by atoms with Crippen molar-refractivity contribution in [2.75, 3.05) is 0 Å². The molecule has 4 heteroatoms. The van der Waals surface area contributed by atoms with Gasteiger partial charge in [-0.2, -0.15) is 4.98 Å². The van der Waals surface area contributed by atoms with E-state index in [0.717, 1.165) is 5.56 Å². The Hall–Kier alpha value is -1.84. The second kappa shape index (κ2) is 3.96. The molecule has 0 radical (unpaired) electrons. The van der Waals surface area contributed by atoms with Crippen molar-refractivity contribution in [3.8, 4) is 17.2 Å². The van der Waals surface area contributed by atoms with Gasteiger partial charge in [-0.15, -0.1) is 0 Å². The summed E-state index contributed by atoms with van der Waals surface area (Å²) < 4.78 is 5.13. The zero-order chi connectivity index (χ0) is 11.7. The largest absolute Gasteiger partial charge is 0.507 e. The second-order valence-corrected chi connectivity index (χ2v) is 4.13. The van der Waals surface area contributed by atoms with Crippen LogP contribution in [0, 0.1) is 6.92 Å². The maximum atomic E-state index is 9.71. The van der Waals surface area contributed by atoms with Crippen LogP contribution in [0.4, 0.5) is 0 Å². The number of aromatic nitrogens is 2. The molecule has 1 heterocycles. The average Bonchev–Trinajstić information content (AvgIpc) is 2.70. The van der Waals surface area contributed by atoms with Crippen LogP contribution >= 0.6 is 0 Å². The van der Waals surface area contributed by atoms with Gasteiger partial charge in [0.1, 0.15) is 5.75 Å². The van der Waals surface area contributed by atoms with E-state index >= 15 is 0 Å². The molecule has 84 valence electrons. The number of phenolic OH excluding ortho intramolecular Hbond substituents is 1. The first-order valence-corrected chi connectivity index (χ1v) is 5.21. The topological polar surface area (TPSA) is 59.2 Å². The van der Waals surface area contributed by atoms with E-state index < -0.39 is 0 Å². The van der Waals surface area contributed by atoms with Crippen LogP contribution in [-0.2, 0) is 0 Å². The Morgan fingerprint density at radius 1 is 1.31 bits per heavy atom. The highest BCUT2D eigenvalue weighted by Crippen LogP contribution is 2.29. The Kier molecular flexibility index (Phi) is 2.64. The van der Waals surface area contributed by atoms with Gasteiger partial charge in [0.2, 0.25) is 0 Å². The predicted molar refractivity (Wildman–Crippen MR) is 60.2 cm³/mol. The van der Waals surface area contributed by atoms with E-state index in [2.05, 4.69) is 10.1 Å². The standard InChI is InChI=1S/C12H14N2O2/c1-7(2)11-13-12(16-14-11)9-6-8(3)4-5-10(9)15/h4-7,15H,1-3H3. The normalized spacial score (nSPS) is 11.0. The molecule has 2 aromatic rings. The van der Waals surface area contributed by atoms with Crippen molar-refractivity contribution >= 4 is 0 Å². The van der Waals surface area contributed by atoms with Crippen LogP contribution in [-0.4, -0.2) is 15.2 Å². The van der Waals surface area contributed by atoms with Gasteiger partial charge in [-0.25, -0.2) is 0 Å². The third kappa shape index (κ3) is 1.91. The smallest absolute Gasteiger partial charge is 0.261 e. The molecule has 0 bridgehead atoms. The zero-order valence-corrected chi connectivity index (χ0v) is 9.56. The van der Waals surface area contributed by atoms with Crippen molar-refractivity contribution in [2.24, 2.45) is 0 Å². The lowest BCUT2D eigenvalue weighted by Gasteiger charge is -2.00. The van der Waals surface area contributed by atoms with Crippen LogP contribution in [0.25, 0.3) is 11.5 Å². The second-order valence-electron chi connectivity index (χ2n) is 4.13. The van der Waals surface area contributed by atoms with E-state index in [0.29, 0.717) is 17.3 Å². The third-order valence-electron chi connectivity index (χ3n) is 2.34. The van der Waals surface area contributed by atoms with Gasteiger partial charge in [0.05, 0.1) is 5.56 Å². The Labute approximate surface area is 93.9 Å².